The number of rotatable bonds is 3. The first-order valence-electron chi connectivity index (χ1n) is 6.74. The second-order valence-corrected chi connectivity index (χ2v) is 5.47. The van der Waals surface area contributed by atoms with Gasteiger partial charge in [0.2, 0.25) is 0 Å². The number of amides is 2. The van der Waals surface area contributed by atoms with E-state index in [0.29, 0.717) is 5.92 Å². The Morgan fingerprint density at radius 1 is 1.44 bits per heavy atom. The molecule has 1 atom stereocenters. The zero-order valence-electron chi connectivity index (χ0n) is 11.4. The third-order valence-corrected chi connectivity index (χ3v) is 3.42. The molecule has 0 saturated carbocycles. The van der Waals surface area contributed by atoms with Gasteiger partial charge in [0, 0.05) is 18.3 Å². The van der Waals surface area contributed by atoms with Crippen molar-refractivity contribution in [3.05, 3.63) is 29.8 Å². The quantitative estimate of drug-likeness (QED) is 0.872. The first-order valence-corrected chi connectivity index (χ1v) is 6.74. The molecule has 2 rings (SSSR count). The molecule has 1 aromatic rings. The van der Waals surface area contributed by atoms with Crippen LogP contribution < -0.4 is 10.2 Å². The molecule has 0 aliphatic carbocycles. The lowest BCUT2D eigenvalue weighted by Crippen LogP contribution is -2.43. The van der Waals surface area contributed by atoms with E-state index in [0.717, 1.165) is 25.1 Å². The van der Waals surface area contributed by atoms with E-state index in [9.17, 15) is 4.79 Å². The minimum absolute atomic E-state index is 0.0353. The minimum atomic E-state index is 0.0353. The fourth-order valence-electron chi connectivity index (χ4n) is 2.43. The van der Waals surface area contributed by atoms with Crippen LogP contribution in [0, 0.1) is 5.92 Å². The van der Waals surface area contributed by atoms with E-state index in [4.69, 9.17) is 0 Å². The van der Waals surface area contributed by atoms with Crippen LogP contribution in [0.4, 0.5) is 10.5 Å². The van der Waals surface area contributed by atoms with Crippen LogP contribution in [0.1, 0.15) is 32.8 Å². The van der Waals surface area contributed by atoms with E-state index in [1.165, 1.54) is 5.56 Å². The van der Waals surface area contributed by atoms with Gasteiger partial charge in [-0.3, -0.25) is 4.90 Å². The summed E-state index contributed by atoms with van der Waals surface area (Å²) in [7, 11) is 0. The third-order valence-electron chi connectivity index (χ3n) is 3.42. The van der Waals surface area contributed by atoms with Gasteiger partial charge in [-0.15, -0.1) is 0 Å². The van der Waals surface area contributed by atoms with Crippen LogP contribution in [0.25, 0.3) is 0 Å². The van der Waals surface area contributed by atoms with Crippen LogP contribution in [0.3, 0.4) is 0 Å². The number of carbonyl (C=O) groups is 1. The number of anilines is 1. The van der Waals surface area contributed by atoms with Crippen LogP contribution in [0.15, 0.2) is 24.3 Å². The molecule has 3 heteroatoms. The van der Waals surface area contributed by atoms with Crippen LogP contribution >= 0.6 is 0 Å². The second-order valence-electron chi connectivity index (χ2n) is 5.47. The zero-order valence-corrected chi connectivity index (χ0v) is 11.4. The van der Waals surface area contributed by atoms with Crippen molar-refractivity contribution < 1.29 is 4.79 Å². The van der Waals surface area contributed by atoms with Gasteiger partial charge in [-0.25, -0.2) is 4.79 Å². The highest BCUT2D eigenvalue weighted by molar-refractivity contribution is 5.94. The first kappa shape index (κ1) is 12.9. The maximum Gasteiger partial charge on any atom is 0.322 e. The highest BCUT2D eigenvalue weighted by Crippen LogP contribution is 2.31. The van der Waals surface area contributed by atoms with Gasteiger partial charge in [-0.2, -0.15) is 0 Å². The number of carbonyl (C=O) groups excluding carboxylic acids is 1. The topological polar surface area (TPSA) is 32.3 Å². The van der Waals surface area contributed by atoms with Gasteiger partial charge in [-0.05, 0) is 37.3 Å². The van der Waals surface area contributed by atoms with Gasteiger partial charge in [0.25, 0.3) is 0 Å². The Labute approximate surface area is 109 Å². The van der Waals surface area contributed by atoms with E-state index in [-0.39, 0.29) is 12.1 Å². The predicted octanol–water partition coefficient (Wildman–Crippen LogP) is 3.19. The van der Waals surface area contributed by atoms with Crippen LogP contribution in [0.5, 0.6) is 0 Å². The Morgan fingerprint density at radius 3 is 2.89 bits per heavy atom. The van der Waals surface area contributed by atoms with E-state index >= 15 is 0 Å². The van der Waals surface area contributed by atoms with Crippen molar-refractivity contribution >= 4 is 11.7 Å². The molecule has 1 aliphatic rings. The largest absolute Gasteiger partial charge is 0.338 e. The molecule has 1 aliphatic heterocycles. The number of benzene rings is 1. The number of fused-ring (bicyclic) bond motifs is 1. The van der Waals surface area contributed by atoms with Crippen molar-refractivity contribution in [1.82, 2.24) is 5.32 Å². The summed E-state index contributed by atoms with van der Waals surface area (Å²) in [5.74, 6) is 0.619. The van der Waals surface area contributed by atoms with Gasteiger partial charge >= 0.3 is 6.03 Å². The highest BCUT2D eigenvalue weighted by Gasteiger charge is 2.30. The number of nitrogens with zero attached hydrogens (tertiary/aromatic N) is 1. The fraction of sp³-hybridized carbons (Fsp3) is 0.533. The number of hydrogen-bond acceptors (Lipinski definition) is 1. The molecule has 0 saturated heterocycles. The molecule has 0 radical (unpaired) electrons. The van der Waals surface area contributed by atoms with E-state index in [1.807, 2.05) is 23.1 Å². The average Bonchev–Trinajstić information content (AvgIpc) is 2.64. The molecule has 0 aromatic heterocycles. The van der Waals surface area contributed by atoms with Crippen molar-refractivity contribution in [3.8, 4) is 0 Å². The van der Waals surface area contributed by atoms with Crippen molar-refractivity contribution in [2.24, 2.45) is 5.92 Å². The lowest BCUT2D eigenvalue weighted by Gasteiger charge is -2.23. The summed E-state index contributed by atoms with van der Waals surface area (Å²) in [6.45, 7) is 7.18. The van der Waals surface area contributed by atoms with Gasteiger partial charge < -0.3 is 5.32 Å². The molecule has 1 N–H and O–H groups in total. The maximum absolute atomic E-state index is 12.2. The Balaban J connectivity index is 2.02. The normalized spacial score (nSPS) is 18.0. The molecular formula is C15H22N2O. The van der Waals surface area contributed by atoms with Crippen LogP contribution in [-0.4, -0.2) is 18.6 Å². The van der Waals surface area contributed by atoms with Crippen molar-refractivity contribution in [3.63, 3.8) is 0 Å². The summed E-state index contributed by atoms with van der Waals surface area (Å²) in [5, 5.41) is 3.01. The summed E-state index contributed by atoms with van der Waals surface area (Å²) >= 11 is 0. The maximum atomic E-state index is 12.2. The Kier molecular flexibility index (Phi) is 3.90. The highest BCUT2D eigenvalue weighted by atomic mass is 16.2. The molecule has 0 fully saturated rings. The number of para-hydroxylation sites is 1. The van der Waals surface area contributed by atoms with Crippen molar-refractivity contribution in [2.75, 3.05) is 11.4 Å². The molecule has 0 bridgehead atoms. The third kappa shape index (κ3) is 2.66. The van der Waals surface area contributed by atoms with E-state index < -0.39 is 0 Å². The lowest BCUT2D eigenvalue weighted by atomic mass is 10.1. The molecule has 2 amide bonds. The van der Waals surface area contributed by atoms with E-state index in [1.54, 1.807) is 0 Å². The monoisotopic (exact) mass is 246 g/mol. The fourth-order valence-corrected chi connectivity index (χ4v) is 2.43. The molecule has 1 unspecified atom stereocenters. The molecular weight excluding hydrogens is 224 g/mol. The average molecular weight is 246 g/mol. The molecule has 0 spiro atoms. The van der Waals surface area contributed by atoms with Gasteiger partial charge in [0.05, 0.1) is 0 Å². The number of hydrogen-bond donors (Lipinski definition) is 1. The minimum Gasteiger partial charge on any atom is -0.338 e. The molecule has 98 valence electrons. The first-order chi connectivity index (χ1) is 8.59. The van der Waals surface area contributed by atoms with Crippen LogP contribution in [0.2, 0.25) is 0 Å². The summed E-state index contributed by atoms with van der Waals surface area (Å²) in [5.41, 5.74) is 2.33. The standard InChI is InChI=1S/C15H22N2O/c1-11(2)8-9-16-15(18)17-12(3)10-13-6-4-5-7-14(13)17/h4-7,11-12H,8-10H2,1-3H3,(H,16,18). The smallest absolute Gasteiger partial charge is 0.322 e. The second kappa shape index (κ2) is 5.42. The molecule has 1 aromatic carbocycles. The summed E-state index contributed by atoms with van der Waals surface area (Å²) in [4.78, 5) is 14.1. The summed E-state index contributed by atoms with van der Waals surface area (Å²) in [6.07, 6.45) is 1.98. The Morgan fingerprint density at radius 2 is 2.17 bits per heavy atom. The van der Waals surface area contributed by atoms with Crippen LogP contribution in [-0.2, 0) is 6.42 Å². The number of nitrogens with one attached hydrogen (secondary N) is 1. The van der Waals surface area contributed by atoms with Crippen molar-refractivity contribution in [2.45, 2.75) is 39.7 Å². The summed E-state index contributed by atoms with van der Waals surface area (Å²) in [6, 6.07) is 8.44. The Bertz CT molecular complexity index is 428. The van der Waals surface area contributed by atoms with Gasteiger partial charge in [0.1, 0.15) is 0 Å². The predicted molar refractivity (Wildman–Crippen MR) is 74.9 cm³/mol. The molecule has 3 nitrogen and oxygen atoms in total. The summed E-state index contributed by atoms with van der Waals surface area (Å²) < 4.78 is 0. The molecule has 18 heavy (non-hydrogen) atoms. The Hall–Kier alpha value is -1.51. The lowest BCUT2D eigenvalue weighted by molar-refractivity contribution is 0.244. The SMILES string of the molecule is CC(C)CCNC(=O)N1c2ccccc2CC1C. The molecule has 1 heterocycles. The van der Waals surface area contributed by atoms with Crippen molar-refractivity contribution in [1.29, 1.82) is 0 Å². The number of urea groups is 1. The van der Waals surface area contributed by atoms with Gasteiger partial charge in [-0.1, -0.05) is 32.0 Å². The van der Waals surface area contributed by atoms with Gasteiger partial charge in [0.15, 0.2) is 0 Å². The van der Waals surface area contributed by atoms with E-state index in [2.05, 4.69) is 32.2 Å². The zero-order chi connectivity index (χ0) is 13.1.